The molecule has 10 heteroatoms. The van der Waals surface area contributed by atoms with E-state index in [1.807, 2.05) is 0 Å². The first-order valence-electron chi connectivity index (χ1n) is 12.3. The van der Waals surface area contributed by atoms with E-state index >= 15 is 0 Å². The van der Waals surface area contributed by atoms with E-state index in [2.05, 4.69) is 5.10 Å². The summed E-state index contributed by atoms with van der Waals surface area (Å²) in [7, 11) is 0. The predicted molar refractivity (Wildman–Crippen MR) is 140 cm³/mol. The fourth-order valence-corrected chi connectivity index (χ4v) is 4.78. The van der Waals surface area contributed by atoms with Crippen molar-refractivity contribution in [2.24, 2.45) is 5.10 Å². The molecular weight excluding hydrogens is 490 g/mol. The number of benzene rings is 3. The fraction of sp³-hybridized carbons (Fsp3) is 0.286. The minimum Gasteiger partial charge on any atom is -0.508 e. The van der Waals surface area contributed by atoms with Crippen molar-refractivity contribution in [1.82, 2.24) is 0 Å². The third kappa shape index (κ3) is 4.38. The Labute approximate surface area is 219 Å². The summed E-state index contributed by atoms with van der Waals surface area (Å²) in [6, 6.07) is 14.0. The number of phenolic OH excluding ortho intramolecular Hbond substituents is 1. The molecule has 0 bridgehead atoms. The number of fused-ring (bicyclic) bond motifs is 3. The molecule has 1 unspecified atom stereocenters. The standard InChI is InChI=1S/C28H27N3O7/c1-4-36-27(34)25-24-21-15-20(32)12-6-17(21)7-13-22(24)38-26(28(35)37-5-2)30(25)18-8-10-19(11-9-18)31-23(33)14-16(3)29-31/h6-13,15,25-26,32H,4-5,14H2,1-3H3/t25?,26-/m0/s1. The number of phenols is 1. The summed E-state index contributed by atoms with van der Waals surface area (Å²) >= 11 is 0. The van der Waals surface area contributed by atoms with Gasteiger partial charge in [-0.3, -0.25) is 4.79 Å². The van der Waals surface area contributed by atoms with Crippen molar-refractivity contribution >= 4 is 45.7 Å². The molecule has 0 spiro atoms. The van der Waals surface area contributed by atoms with Crippen molar-refractivity contribution in [2.45, 2.75) is 39.5 Å². The van der Waals surface area contributed by atoms with Gasteiger partial charge >= 0.3 is 11.9 Å². The van der Waals surface area contributed by atoms with Crippen LogP contribution in [0.5, 0.6) is 11.5 Å². The van der Waals surface area contributed by atoms with Crippen molar-refractivity contribution in [3.8, 4) is 11.5 Å². The van der Waals surface area contributed by atoms with Gasteiger partial charge in [0.05, 0.1) is 25.3 Å². The number of nitrogens with zero attached hydrogens (tertiary/aromatic N) is 3. The van der Waals surface area contributed by atoms with Gasteiger partial charge in [0.2, 0.25) is 0 Å². The molecule has 3 aromatic rings. The van der Waals surface area contributed by atoms with E-state index in [4.69, 9.17) is 14.2 Å². The average molecular weight is 518 g/mol. The number of aromatic hydroxyl groups is 1. The number of rotatable bonds is 6. The van der Waals surface area contributed by atoms with E-state index in [-0.39, 0.29) is 31.3 Å². The van der Waals surface area contributed by atoms with Gasteiger partial charge in [0.1, 0.15) is 11.5 Å². The zero-order chi connectivity index (χ0) is 27.0. The highest BCUT2D eigenvalue weighted by atomic mass is 16.6. The Morgan fingerprint density at radius 1 is 1.00 bits per heavy atom. The highest BCUT2D eigenvalue weighted by molar-refractivity contribution is 6.12. The number of hydrogen-bond acceptors (Lipinski definition) is 9. The topological polar surface area (TPSA) is 118 Å². The molecule has 5 rings (SSSR count). The average Bonchev–Trinajstić information content (AvgIpc) is 3.25. The van der Waals surface area contributed by atoms with Gasteiger partial charge in [0.15, 0.2) is 6.04 Å². The Kier molecular flexibility index (Phi) is 6.62. The van der Waals surface area contributed by atoms with Crippen LogP contribution in [-0.2, 0) is 23.9 Å². The van der Waals surface area contributed by atoms with E-state index in [1.54, 1.807) is 75.4 Å². The molecule has 2 atom stereocenters. The maximum absolute atomic E-state index is 13.5. The van der Waals surface area contributed by atoms with E-state index < -0.39 is 24.2 Å². The predicted octanol–water partition coefficient (Wildman–Crippen LogP) is 4.05. The lowest BCUT2D eigenvalue weighted by atomic mass is 9.94. The van der Waals surface area contributed by atoms with Gasteiger partial charge < -0.3 is 24.2 Å². The van der Waals surface area contributed by atoms with Gasteiger partial charge in [-0.2, -0.15) is 5.10 Å². The first-order valence-corrected chi connectivity index (χ1v) is 12.3. The van der Waals surface area contributed by atoms with Gasteiger partial charge in [0.25, 0.3) is 12.1 Å². The Morgan fingerprint density at radius 2 is 1.66 bits per heavy atom. The summed E-state index contributed by atoms with van der Waals surface area (Å²) in [5.74, 6) is -1.10. The lowest BCUT2D eigenvalue weighted by molar-refractivity contribution is -0.154. The van der Waals surface area contributed by atoms with Crippen LogP contribution in [0.25, 0.3) is 10.8 Å². The molecule has 0 saturated carbocycles. The molecule has 2 aliphatic heterocycles. The van der Waals surface area contributed by atoms with Crippen LogP contribution in [0.1, 0.15) is 38.8 Å². The molecule has 0 aromatic heterocycles. The largest absolute Gasteiger partial charge is 0.508 e. The van der Waals surface area contributed by atoms with Crippen LogP contribution in [0.2, 0.25) is 0 Å². The highest BCUT2D eigenvalue weighted by Crippen LogP contribution is 2.45. The Bertz CT molecular complexity index is 1450. The molecule has 0 fully saturated rings. The molecule has 38 heavy (non-hydrogen) atoms. The first kappa shape index (κ1) is 25.1. The van der Waals surface area contributed by atoms with E-state index in [0.29, 0.717) is 33.8 Å². The minimum atomic E-state index is -1.30. The lowest BCUT2D eigenvalue weighted by Gasteiger charge is -2.42. The monoisotopic (exact) mass is 517 g/mol. The molecule has 0 aliphatic carbocycles. The summed E-state index contributed by atoms with van der Waals surface area (Å²) in [6.07, 6.45) is -1.06. The molecule has 2 heterocycles. The minimum absolute atomic E-state index is 0.0167. The van der Waals surface area contributed by atoms with Crippen LogP contribution in [0.3, 0.4) is 0 Å². The van der Waals surface area contributed by atoms with Gasteiger partial charge in [-0.25, -0.2) is 14.6 Å². The van der Waals surface area contributed by atoms with Crippen molar-refractivity contribution in [3.63, 3.8) is 0 Å². The number of amides is 1. The number of hydrogen-bond donors (Lipinski definition) is 1. The number of carbonyl (C=O) groups excluding carboxylic acids is 3. The third-order valence-electron chi connectivity index (χ3n) is 6.35. The van der Waals surface area contributed by atoms with Crippen LogP contribution >= 0.6 is 0 Å². The molecule has 2 aliphatic rings. The number of ether oxygens (including phenoxy) is 3. The number of anilines is 2. The number of carbonyl (C=O) groups is 3. The molecule has 1 amide bonds. The summed E-state index contributed by atoms with van der Waals surface area (Å²) in [5, 5.41) is 17.2. The smallest absolute Gasteiger partial charge is 0.369 e. The van der Waals surface area contributed by atoms with Crippen molar-refractivity contribution < 1.29 is 33.7 Å². The van der Waals surface area contributed by atoms with Gasteiger partial charge in [-0.1, -0.05) is 12.1 Å². The fourth-order valence-electron chi connectivity index (χ4n) is 4.78. The molecule has 196 valence electrons. The SMILES string of the molecule is CCOC(=O)C1c2c(ccc3ccc(O)cc23)O[C@@H](C(=O)OCC)N1c1ccc(N2N=C(C)CC2=O)cc1. The zero-order valence-corrected chi connectivity index (χ0v) is 21.2. The van der Waals surface area contributed by atoms with Crippen molar-refractivity contribution in [2.75, 3.05) is 23.1 Å². The second-order valence-corrected chi connectivity index (χ2v) is 8.90. The van der Waals surface area contributed by atoms with Crippen LogP contribution in [0.4, 0.5) is 11.4 Å². The summed E-state index contributed by atoms with van der Waals surface area (Å²) in [6.45, 7) is 5.40. The maximum Gasteiger partial charge on any atom is 0.369 e. The van der Waals surface area contributed by atoms with Gasteiger partial charge in [0, 0.05) is 17.0 Å². The van der Waals surface area contributed by atoms with E-state index in [9.17, 15) is 19.5 Å². The molecule has 0 radical (unpaired) electrons. The normalized spacial score (nSPS) is 18.6. The summed E-state index contributed by atoms with van der Waals surface area (Å²) in [5.41, 5.74) is 2.17. The molecule has 10 nitrogen and oxygen atoms in total. The summed E-state index contributed by atoms with van der Waals surface area (Å²) in [4.78, 5) is 40.5. The highest BCUT2D eigenvalue weighted by Gasteiger charge is 2.46. The van der Waals surface area contributed by atoms with Crippen molar-refractivity contribution in [1.29, 1.82) is 0 Å². The van der Waals surface area contributed by atoms with Gasteiger partial charge in [-0.05, 0) is 74.0 Å². The molecule has 3 aromatic carbocycles. The third-order valence-corrected chi connectivity index (χ3v) is 6.35. The quantitative estimate of drug-likeness (QED) is 0.487. The van der Waals surface area contributed by atoms with E-state index in [1.165, 1.54) is 9.91 Å². The molecular formula is C28H27N3O7. The number of esters is 2. The van der Waals surface area contributed by atoms with Crippen LogP contribution in [0, 0.1) is 0 Å². The van der Waals surface area contributed by atoms with Crippen LogP contribution < -0.4 is 14.6 Å². The van der Waals surface area contributed by atoms with E-state index in [0.717, 1.165) is 5.39 Å². The second-order valence-electron chi connectivity index (χ2n) is 8.90. The van der Waals surface area contributed by atoms with Crippen LogP contribution in [0.15, 0.2) is 59.7 Å². The Balaban J connectivity index is 1.68. The van der Waals surface area contributed by atoms with Crippen molar-refractivity contribution in [3.05, 3.63) is 60.2 Å². The molecule has 0 saturated heterocycles. The zero-order valence-electron chi connectivity index (χ0n) is 21.2. The second kappa shape index (κ2) is 10.0. The first-order chi connectivity index (χ1) is 18.3. The molecule has 1 N–H and O–H groups in total. The Hall–Kier alpha value is -4.60. The summed E-state index contributed by atoms with van der Waals surface area (Å²) < 4.78 is 16.9. The maximum atomic E-state index is 13.5. The van der Waals surface area contributed by atoms with Gasteiger partial charge in [-0.15, -0.1) is 0 Å². The Morgan fingerprint density at radius 3 is 2.32 bits per heavy atom. The van der Waals surface area contributed by atoms with Crippen LogP contribution in [-0.4, -0.2) is 48.1 Å². The lowest BCUT2D eigenvalue weighted by Crippen LogP contribution is -2.53. The number of hydrazone groups is 1.